The van der Waals surface area contributed by atoms with E-state index in [4.69, 9.17) is 5.73 Å². The molecule has 2 aromatic rings. The molecule has 0 unspecified atom stereocenters. The molecule has 0 spiro atoms. The van der Waals surface area contributed by atoms with Gasteiger partial charge in [0.05, 0.1) is 6.20 Å². The van der Waals surface area contributed by atoms with Gasteiger partial charge in [-0.1, -0.05) is 13.8 Å². The minimum Gasteiger partial charge on any atom is -0.384 e. The van der Waals surface area contributed by atoms with Crippen molar-refractivity contribution in [2.45, 2.75) is 19.8 Å². The lowest BCUT2D eigenvalue weighted by molar-refractivity contribution is 0.102. The molecule has 0 aliphatic heterocycles. The molecule has 1 amide bonds. The Morgan fingerprint density at radius 1 is 1.42 bits per heavy atom. The van der Waals surface area contributed by atoms with E-state index >= 15 is 0 Å². The lowest BCUT2D eigenvalue weighted by Gasteiger charge is -2.09. The summed E-state index contributed by atoms with van der Waals surface area (Å²) >= 11 is 0. The Morgan fingerprint density at radius 2 is 2.16 bits per heavy atom. The van der Waals surface area contributed by atoms with Gasteiger partial charge in [-0.25, -0.2) is 4.98 Å². The van der Waals surface area contributed by atoms with Crippen molar-refractivity contribution in [3.8, 4) is 0 Å². The Balaban J connectivity index is 2.26. The van der Waals surface area contributed by atoms with Crippen molar-refractivity contribution in [2.24, 2.45) is 7.05 Å². The van der Waals surface area contributed by atoms with E-state index in [2.05, 4.69) is 15.4 Å². The van der Waals surface area contributed by atoms with Crippen LogP contribution in [-0.2, 0) is 7.05 Å². The van der Waals surface area contributed by atoms with Crippen LogP contribution in [0.5, 0.6) is 0 Å². The van der Waals surface area contributed by atoms with Gasteiger partial charge in [-0.2, -0.15) is 5.10 Å². The first-order valence-corrected chi connectivity index (χ1v) is 6.04. The molecule has 3 N–H and O–H groups in total. The van der Waals surface area contributed by atoms with Gasteiger partial charge in [0.25, 0.3) is 5.91 Å². The van der Waals surface area contributed by atoms with Gasteiger partial charge in [-0.05, 0) is 18.1 Å². The van der Waals surface area contributed by atoms with Crippen LogP contribution in [0.3, 0.4) is 0 Å². The predicted molar refractivity (Wildman–Crippen MR) is 73.9 cm³/mol. The Morgan fingerprint density at radius 3 is 2.74 bits per heavy atom. The van der Waals surface area contributed by atoms with Crippen LogP contribution in [0.25, 0.3) is 0 Å². The highest BCUT2D eigenvalue weighted by molar-refractivity contribution is 6.04. The number of pyridine rings is 1. The van der Waals surface area contributed by atoms with Crippen molar-refractivity contribution >= 4 is 17.5 Å². The maximum absolute atomic E-state index is 12.2. The third-order valence-corrected chi connectivity index (χ3v) is 2.78. The van der Waals surface area contributed by atoms with Crippen LogP contribution in [0.4, 0.5) is 11.6 Å². The molecule has 0 atom stereocenters. The van der Waals surface area contributed by atoms with Crippen LogP contribution in [0.2, 0.25) is 0 Å². The molecule has 0 saturated carbocycles. The number of aromatic nitrogens is 3. The third-order valence-electron chi connectivity index (χ3n) is 2.78. The van der Waals surface area contributed by atoms with Gasteiger partial charge in [-0.15, -0.1) is 0 Å². The molecule has 2 heterocycles. The van der Waals surface area contributed by atoms with E-state index in [1.54, 1.807) is 36.1 Å². The molecule has 2 aromatic heterocycles. The summed E-state index contributed by atoms with van der Waals surface area (Å²) < 4.78 is 1.59. The van der Waals surface area contributed by atoms with Gasteiger partial charge in [0.2, 0.25) is 0 Å². The Labute approximate surface area is 111 Å². The number of hydrogen-bond acceptors (Lipinski definition) is 4. The molecule has 19 heavy (non-hydrogen) atoms. The van der Waals surface area contributed by atoms with Crippen LogP contribution in [0, 0.1) is 0 Å². The van der Waals surface area contributed by atoms with Crippen molar-refractivity contribution in [2.75, 3.05) is 11.1 Å². The van der Waals surface area contributed by atoms with Crippen LogP contribution in [0.15, 0.2) is 24.4 Å². The molecular formula is C13H17N5O. The topological polar surface area (TPSA) is 85.8 Å². The number of amides is 1. The van der Waals surface area contributed by atoms with E-state index < -0.39 is 0 Å². The fourth-order valence-electron chi connectivity index (χ4n) is 1.69. The second-order valence-electron chi connectivity index (χ2n) is 4.65. The summed E-state index contributed by atoms with van der Waals surface area (Å²) in [5.41, 5.74) is 7.03. The van der Waals surface area contributed by atoms with E-state index in [0.717, 1.165) is 5.69 Å². The lowest BCUT2D eigenvalue weighted by atomic mass is 10.1. The van der Waals surface area contributed by atoms with Crippen LogP contribution in [0.1, 0.15) is 35.8 Å². The lowest BCUT2D eigenvalue weighted by Crippen LogP contribution is -2.16. The van der Waals surface area contributed by atoms with Crippen molar-refractivity contribution < 1.29 is 4.79 Å². The number of carbonyl (C=O) groups is 1. The standard InChI is InChI=1S/C13H17N5O/c1-8(2)10-6-9(7-11(14)16-10)13(19)17-12-4-5-15-18(12)3/h4-8H,1-3H3,(H2,14,16)(H,17,19). The first-order valence-electron chi connectivity index (χ1n) is 6.04. The summed E-state index contributed by atoms with van der Waals surface area (Å²) in [6.45, 7) is 4.01. The minimum absolute atomic E-state index is 0.215. The fourth-order valence-corrected chi connectivity index (χ4v) is 1.69. The average Bonchev–Trinajstić information content (AvgIpc) is 2.74. The summed E-state index contributed by atoms with van der Waals surface area (Å²) in [6, 6.07) is 5.05. The van der Waals surface area contributed by atoms with Gasteiger partial charge >= 0.3 is 0 Å². The maximum Gasteiger partial charge on any atom is 0.257 e. The van der Waals surface area contributed by atoms with Gasteiger partial charge in [0.1, 0.15) is 11.6 Å². The number of aryl methyl sites for hydroxylation is 1. The molecule has 2 rings (SSSR count). The number of nitrogens with zero attached hydrogens (tertiary/aromatic N) is 3. The minimum atomic E-state index is -0.223. The largest absolute Gasteiger partial charge is 0.384 e. The first kappa shape index (κ1) is 13.1. The molecule has 0 aromatic carbocycles. The second kappa shape index (κ2) is 5.09. The third kappa shape index (κ3) is 2.90. The molecule has 6 nitrogen and oxygen atoms in total. The fraction of sp³-hybridized carbons (Fsp3) is 0.308. The SMILES string of the molecule is CC(C)c1cc(C(=O)Nc2ccnn2C)cc(N)n1. The molecule has 0 saturated heterocycles. The highest BCUT2D eigenvalue weighted by Crippen LogP contribution is 2.17. The highest BCUT2D eigenvalue weighted by Gasteiger charge is 2.12. The van der Waals surface area contributed by atoms with Gasteiger partial charge in [0.15, 0.2) is 0 Å². The Kier molecular flexibility index (Phi) is 3.50. The quantitative estimate of drug-likeness (QED) is 0.879. The summed E-state index contributed by atoms with van der Waals surface area (Å²) in [6.07, 6.45) is 1.62. The molecule has 100 valence electrons. The van der Waals surface area contributed by atoms with E-state index in [0.29, 0.717) is 17.2 Å². The van der Waals surface area contributed by atoms with Crippen LogP contribution >= 0.6 is 0 Å². The molecule has 0 aliphatic rings. The normalized spacial score (nSPS) is 10.7. The van der Waals surface area contributed by atoms with E-state index in [1.165, 1.54) is 0 Å². The van der Waals surface area contributed by atoms with Crippen molar-refractivity contribution in [3.63, 3.8) is 0 Å². The second-order valence-corrected chi connectivity index (χ2v) is 4.65. The molecule has 0 radical (unpaired) electrons. The van der Waals surface area contributed by atoms with E-state index in [-0.39, 0.29) is 11.8 Å². The smallest absolute Gasteiger partial charge is 0.257 e. The highest BCUT2D eigenvalue weighted by atomic mass is 16.1. The predicted octanol–water partition coefficient (Wildman–Crippen LogP) is 1.77. The van der Waals surface area contributed by atoms with Crippen molar-refractivity contribution in [1.29, 1.82) is 0 Å². The number of rotatable bonds is 3. The summed E-state index contributed by atoms with van der Waals surface area (Å²) in [7, 11) is 1.76. The monoisotopic (exact) mass is 259 g/mol. The zero-order valence-electron chi connectivity index (χ0n) is 11.2. The number of nitrogens with two attached hydrogens (primary N) is 1. The van der Waals surface area contributed by atoms with Gasteiger partial charge in [0, 0.05) is 24.4 Å². The van der Waals surface area contributed by atoms with Crippen LogP contribution in [-0.4, -0.2) is 20.7 Å². The van der Waals surface area contributed by atoms with Crippen molar-refractivity contribution in [3.05, 3.63) is 35.7 Å². The zero-order valence-corrected chi connectivity index (χ0v) is 11.2. The zero-order chi connectivity index (χ0) is 14.0. The summed E-state index contributed by atoms with van der Waals surface area (Å²) in [5, 5.41) is 6.77. The number of carbonyl (C=O) groups excluding carboxylic acids is 1. The van der Waals surface area contributed by atoms with Gasteiger partial charge in [-0.3, -0.25) is 9.48 Å². The van der Waals surface area contributed by atoms with Gasteiger partial charge < -0.3 is 11.1 Å². The summed E-state index contributed by atoms with van der Waals surface area (Å²) in [4.78, 5) is 16.4. The van der Waals surface area contributed by atoms with Crippen LogP contribution < -0.4 is 11.1 Å². The molecule has 0 bridgehead atoms. The Hall–Kier alpha value is -2.37. The molecule has 0 fully saturated rings. The molecular weight excluding hydrogens is 242 g/mol. The van der Waals surface area contributed by atoms with Crippen molar-refractivity contribution in [1.82, 2.24) is 14.8 Å². The number of hydrogen-bond donors (Lipinski definition) is 2. The number of nitrogen functional groups attached to an aromatic ring is 1. The van der Waals surface area contributed by atoms with E-state index in [9.17, 15) is 4.79 Å². The average molecular weight is 259 g/mol. The molecule has 0 aliphatic carbocycles. The first-order chi connectivity index (χ1) is 8.97. The van der Waals surface area contributed by atoms with E-state index in [1.807, 2.05) is 13.8 Å². The number of nitrogens with one attached hydrogen (secondary N) is 1. The molecule has 6 heteroatoms. The Bertz CT molecular complexity index is 603. The number of anilines is 2. The maximum atomic E-state index is 12.2. The summed E-state index contributed by atoms with van der Waals surface area (Å²) in [5.74, 6) is 0.971.